The zero-order chi connectivity index (χ0) is 13.3. The summed E-state index contributed by atoms with van der Waals surface area (Å²) < 4.78 is 24.9. The van der Waals surface area contributed by atoms with Crippen LogP contribution in [-0.2, 0) is 14.8 Å². The molecule has 3 N–H and O–H groups in total. The molecule has 17 heavy (non-hydrogen) atoms. The Bertz CT molecular complexity index is 412. The van der Waals surface area contributed by atoms with Crippen LogP contribution in [0.4, 0.5) is 0 Å². The second-order valence-electron chi connectivity index (χ2n) is 4.66. The van der Waals surface area contributed by atoms with Gasteiger partial charge in [0, 0.05) is 5.92 Å². The molecule has 2 atom stereocenters. The average molecular weight is 260 g/mol. The van der Waals surface area contributed by atoms with Crippen LogP contribution in [0.25, 0.3) is 0 Å². The molecule has 0 heterocycles. The van der Waals surface area contributed by atoms with Gasteiger partial charge in [-0.05, 0) is 39.2 Å². The van der Waals surface area contributed by atoms with E-state index in [0.29, 0.717) is 12.8 Å². The predicted octanol–water partition coefficient (Wildman–Crippen LogP) is 0.382. The van der Waals surface area contributed by atoms with Crippen molar-refractivity contribution in [1.82, 2.24) is 4.72 Å². The fourth-order valence-electron chi connectivity index (χ4n) is 1.55. The summed E-state index contributed by atoms with van der Waals surface area (Å²) in [6.07, 6.45) is 3.72. The normalized spacial score (nSPS) is 28.4. The van der Waals surface area contributed by atoms with E-state index in [4.69, 9.17) is 0 Å². The Morgan fingerprint density at radius 2 is 2.00 bits per heavy atom. The van der Waals surface area contributed by atoms with Gasteiger partial charge in [0.2, 0.25) is 15.9 Å². The van der Waals surface area contributed by atoms with E-state index in [9.17, 15) is 13.2 Å². The van der Waals surface area contributed by atoms with E-state index in [-0.39, 0.29) is 17.7 Å². The third-order valence-electron chi connectivity index (χ3n) is 3.32. The molecule has 2 aliphatic carbocycles. The molecule has 0 bridgehead atoms. The van der Waals surface area contributed by atoms with Crippen LogP contribution >= 0.6 is 0 Å². The molecular weight excluding hydrogens is 240 g/mol. The Balaban J connectivity index is 0.000000686. The quantitative estimate of drug-likeness (QED) is 0.715. The first kappa shape index (κ1) is 14.2. The summed E-state index contributed by atoms with van der Waals surface area (Å²) in [5.41, 5.74) is 4.50. The zero-order valence-electron chi connectivity index (χ0n) is 10.3. The Hall–Kier alpha value is -0.880. The maximum absolute atomic E-state index is 11.7. The number of amides is 1. The molecule has 0 radical (unpaired) electrons. The topological polar surface area (TPSA) is 89.3 Å². The third-order valence-corrected chi connectivity index (χ3v) is 5.49. The molecule has 6 heteroatoms. The molecule has 0 saturated heterocycles. The molecule has 98 valence electrons. The van der Waals surface area contributed by atoms with Crippen LogP contribution in [0.1, 0.15) is 26.2 Å². The number of nitrogens with one attached hydrogen (secondary N) is 1. The summed E-state index contributed by atoms with van der Waals surface area (Å²) in [6.45, 7) is 5.25. The lowest BCUT2D eigenvalue weighted by molar-refractivity contribution is -0.120. The number of allylic oxidation sites excluding steroid dienone is 1. The number of rotatable bonds is 4. The van der Waals surface area contributed by atoms with Crippen molar-refractivity contribution in [3.05, 3.63) is 12.7 Å². The standard InChI is InChI=1S/C10H15NO3S.CH5N/c1-3-7-6-8(7)9(12)11-15(13,14)10(2)4-5-10;1-2/h3,7-8H,1,4-6H2,2H3,(H,11,12);2H2,1H3. The first-order valence-electron chi connectivity index (χ1n) is 5.66. The van der Waals surface area contributed by atoms with E-state index in [1.54, 1.807) is 13.0 Å². The molecule has 2 aliphatic rings. The summed E-state index contributed by atoms with van der Waals surface area (Å²) in [7, 11) is -1.96. The first-order valence-corrected chi connectivity index (χ1v) is 7.14. The highest BCUT2D eigenvalue weighted by molar-refractivity contribution is 7.91. The molecule has 2 saturated carbocycles. The molecule has 2 fully saturated rings. The second-order valence-corrected chi connectivity index (χ2v) is 6.86. The summed E-state index contributed by atoms with van der Waals surface area (Å²) in [5, 5.41) is 0. The number of hydrogen-bond donors (Lipinski definition) is 2. The van der Waals surface area contributed by atoms with Crippen LogP contribution < -0.4 is 10.5 Å². The smallest absolute Gasteiger partial charge is 0.240 e. The van der Waals surface area contributed by atoms with Crippen molar-refractivity contribution in [2.24, 2.45) is 17.6 Å². The Kier molecular flexibility index (Phi) is 3.99. The van der Waals surface area contributed by atoms with Crippen molar-refractivity contribution < 1.29 is 13.2 Å². The lowest BCUT2D eigenvalue weighted by Crippen LogP contribution is -2.39. The van der Waals surface area contributed by atoms with Gasteiger partial charge in [-0.2, -0.15) is 0 Å². The van der Waals surface area contributed by atoms with Crippen molar-refractivity contribution in [3.63, 3.8) is 0 Å². The summed E-state index contributed by atoms with van der Waals surface area (Å²) in [5.74, 6) is -0.389. The molecule has 0 aromatic carbocycles. The van der Waals surface area contributed by atoms with Crippen LogP contribution in [0.2, 0.25) is 0 Å². The first-order chi connectivity index (χ1) is 7.89. The van der Waals surface area contributed by atoms with Crippen molar-refractivity contribution in [2.45, 2.75) is 30.9 Å². The minimum absolute atomic E-state index is 0.159. The SMILES string of the molecule is C=CC1CC1C(=O)NS(=O)(=O)C1(C)CC1.CN. The summed E-state index contributed by atoms with van der Waals surface area (Å²) in [6, 6.07) is 0. The number of nitrogens with two attached hydrogens (primary N) is 1. The summed E-state index contributed by atoms with van der Waals surface area (Å²) >= 11 is 0. The highest BCUT2D eigenvalue weighted by atomic mass is 32.2. The van der Waals surface area contributed by atoms with Crippen LogP contribution in [0.5, 0.6) is 0 Å². The largest absolute Gasteiger partial charge is 0.333 e. The fourth-order valence-corrected chi connectivity index (χ4v) is 2.85. The van der Waals surface area contributed by atoms with Gasteiger partial charge in [-0.25, -0.2) is 8.42 Å². The van der Waals surface area contributed by atoms with Gasteiger partial charge in [0.05, 0.1) is 4.75 Å². The van der Waals surface area contributed by atoms with Gasteiger partial charge in [0.25, 0.3) is 0 Å². The van der Waals surface area contributed by atoms with Gasteiger partial charge < -0.3 is 5.73 Å². The minimum atomic E-state index is -3.46. The lowest BCUT2D eigenvalue weighted by Gasteiger charge is -2.11. The molecule has 2 unspecified atom stereocenters. The van der Waals surface area contributed by atoms with Crippen molar-refractivity contribution >= 4 is 15.9 Å². The van der Waals surface area contributed by atoms with Crippen molar-refractivity contribution in [1.29, 1.82) is 0 Å². The average Bonchev–Trinajstić information content (AvgIpc) is 3.14. The van der Waals surface area contributed by atoms with Gasteiger partial charge in [-0.3, -0.25) is 9.52 Å². The zero-order valence-corrected chi connectivity index (χ0v) is 11.1. The maximum Gasteiger partial charge on any atom is 0.240 e. The molecule has 1 amide bonds. The van der Waals surface area contributed by atoms with Gasteiger partial charge in [-0.15, -0.1) is 6.58 Å². The minimum Gasteiger partial charge on any atom is -0.333 e. The Labute approximate surface area is 103 Å². The molecule has 2 rings (SSSR count). The van der Waals surface area contributed by atoms with E-state index < -0.39 is 14.8 Å². The van der Waals surface area contributed by atoms with Gasteiger partial charge >= 0.3 is 0 Å². The highest BCUT2D eigenvalue weighted by Crippen LogP contribution is 2.44. The van der Waals surface area contributed by atoms with Crippen LogP contribution in [0, 0.1) is 11.8 Å². The second kappa shape index (κ2) is 4.78. The van der Waals surface area contributed by atoms with Crippen LogP contribution in [0.15, 0.2) is 12.7 Å². The highest BCUT2D eigenvalue weighted by Gasteiger charge is 2.52. The van der Waals surface area contributed by atoms with Crippen LogP contribution in [0.3, 0.4) is 0 Å². The van der Waals surface area contributed by atoms with E-state index in [0.717, 1.165) is 6.42 Å². The van der Waals surface area contributed by atoms with Crippen LogP contribution in [-0.4, -0.2) is 26.1 Å². The molecule has 0 aromatic rings. The van der Waals surface area contributed by atoms with Crippen molar-refractivity contribution in [2.75, 3.05) is 7.05 Å². The Morgan fingerprint density at radius 3 is 2.35 bits per heavy atom. The van der Waals surface area contributed by atoms with E-state index >= 15 is 0 Å². The predicted molar refractivity (Wildman–Crippen MR) is 66.6 cm³/mol. The summed E-state index contributed by atoms with van der Waals surface area (Å²) in [4.78, 5) is 11.5. The molecule has 0 aromatic heterocycles. The Morgan fingerprint density at radius 1 is 1.47 bits per heavy atom. The number of sulfonamides is 1. The van der Waals surface area contributed by atoms with Crippen molar-refractivity contribution in [3.8, 4) is 0 Å². The maximum atomic E-state index is 11.7. The molecular formula is C11H20N2O3S. The number of carbonyl (C=O) groups excluding carboxylic acids is 1. The third kappa shape index (κ3) is 2.87. The molecule has 0 spiro atoms. The number of hydrogen-bond acceptors (Lipinski definition) is 4. The van der Waals surface area contributed by atoms with E-state index in [2.05, 4.69) is 17.0 Å². The van der Waals surface area contributed by atoms with Gasteiger partial charge in [-0.1, -0.05) is 6.08 Å². The van der Waals surface area contributed by atoms with Gasteiger partial charge in [0.15, 0.2) is 0 Å². The monoisotopic (exact) mass is 260 g/mol. The molecule has 0 aliphatic heterocycles. The van der Waals surface area contributed by atoms with Gasteiger partial charge in [0.1, 0.15) is 0 Å². The fraction of sp³-hybridized carbons (Fsp3) is 0.727. The van der Waals surface area contributed by atoms with E-state index in [1.165, 1.54) is 7.05 Å². The number of carbonyl (C=O) groups is 1. The molecule has 5 nitrogen and oxygen atoms in total. The van der Waals surface area contributed by atoms with E-state index in [1.807, 2.05) is 0 Å². The lowest BCUT2D eigenvalue weighted by atomic mass is 10.3.